The maximum absolute atomic E-state index is 12.8. The van der Waals surface area contributed by atoms with Crippen LogP contribution < -0.4 is 10.9 Å². The largest absolute Gasteiger partial charge is 0.480 e. The van der Waals surface area contributed by atoms with Crippen molar-refractivity contribution in [3.8, 4) is 11.1 Å². The second-order valence-electron chi connectivity index (χ2n) is 7.37. The zero-order valence-electron chi connectivity index (χ0n) is 19.4. The summed E-state index contributed by atoms with van der Waals surface area (Å²) in [7, 11) is 0. The number of carboxylic acid groups (broad SMARTS) is 1. The van der Waals surface area contributed by atoms with Crippen molar-refractivity contribution in [3.05, 3.63) is 94.7 Å². The van der Waals surface area contributed by atoms with Gasteiger partial charge in [-0.15, -0.1) is 0 Å². The Bertz CT molecular complexity index is 1390. The molecule has 7 nitrogen and oxygen atoms in total. The van der Waals surface area contributed by atoms with Crippen LogP contribution in [0, 0.1) is 0 Å². The van der Waals surface area contributed by atoms with Crippen molar-refractivity contribution in [3.63, 3.8) is 0 Å². The Hall–Kier alpha value is -4.26. The second-order valence-corrected chi connectivity index (χ2v) is 7.37. The van der Waals surface area contributed by atoms with Crippen LogP contribution in [-0.4, -0.2) is 26.5 Å². The fourth-order valence-electron chi connectivity index (χ4n) is 3.70. The quantitative estimate of drug-likeness (QED) is 0.425. The predicted octanol–water partition coefficient (Wildman–Crippen LogP) is 4.99. The van der Waals surface area contributed by atoms with E-state index in [0.29, 0.717) is 11.3 Å². The lowest BCUT2D eigenvalue weighted by atomic mass is 9.96. The number of hydrogen-bond donors (Lipinski definition) is 2. The van der Waals surface area contributed by atoms with E-state index in [1.807, 2.05) is 38.2 Å². The minimum Gasteiger partial charge on any atom is -0.480 e. The summed E-state index contributed by atoms with van der Waals surface area (Å²) in [6.07, 6.45) is 5.87. The van der Waals surface area contributed by atoms with Gasteiger partial charge in [0.2, 0.25) is 0 Å². The molecule has 0 atom stereocenters. The van der Waals surface area contributed by atoms with E-state index in [1.165, 1.54) is 23.9 Å². The first-order chi connectivity index (χ1) is 16.5. The molecule has 0 unspecified atom stereocenters. The number of nitrogens with one attached hydrogen (secondary N) is 1. The minimum atomic E-state index is -1.14. The number of anilines is 1. The van der Waals surface area contributed by atoms with Gasteiger partial charge in [-0.05, 0) is 41.1 Å². The van der Waals surface area contributed by atoms with Gasteiger partial charge in [-0.2, -0.15) is 0 Å². The zero-order valence-corrected chi connectivity index (χ0v) is 19.4. The molecule has 0 saturated carbocycles. The highest BCUT2D eigenvalue weighted by molar-refractivity contribution is 6.06. The normalized spacial score (nSPS) is 10.3. The van der Waals surface area contributed by atoms with Gasteiger partial charge in [-0.25, -0.2) is 0 Å². The van der Waals surface area contributed by atoms with Gasteiger partial charge in [0, 0.05) is 41.2 Å². The summed E-state index contributed by atoms with van der Waals surface area (Å²) >= 11 is 0. The number of fused-ring (bicyclic) bond motifs is 1. The van der Waals surface area contributed by atoms with E-state index >= 15 is 0 Å². The molecular weight excluding hydrogens is 430 g/mol. The molecule has 4 rings (SSSR count). The first-order valence-corrected chi connectivity index (χ1v) is 11.2. The molecule has 0 spiro atoms. The topological polar surface area (TPSA) is 101 Å². The molecule has 2 N–H and O–H groups in total. The molecule has 0 aliphatic rings. The van der Waals surface area contributed by atoms with E-state index in [4.69, 9.17) is 5.11 Å². The lowest BCUT2D eigenvalue weighted by Crippen LogP contribution is -2.24. The van der Waals surface area contributed by atoms with Crippen molar-refractivity contribution in [1.82, 2.24) is 9.55 Å². The molecule has 1 amide bonds. The molecule has 2 heterocycles. The molecule has 174 valence electrons. The molecule has 0 radical (unpaired) electrons. The highest BCUT2D eigenvalue weighted by Gasteiger charge is 2.12. The Morgan fingerprint density at radius 3 is 2.50 bits per heavy atom. The van der Waals surface area contributed by atoms with Crippen LogP contribution >= 0.6 is 0 Å². The molecule has 0 saturated heterocycles. The van der Waals surface area contributed by atoms with Gasteiger partial charge in [0.25, 0.3) is 11.5 Å². The van der Waals surface area contributed by atoms with Crippen molar-refractivity contribution in [1.29, 1.82) is 0 Å². The van der Waals surface area contributed by atoms with Gasteiger partial charge >= 0.3 is 5.97 Å². The van der Waals surface area contributed by atoms with Crippen LogP contribution in [0.15, 0.2) is 78.0 Å². The maximum Gasteiger partial charge on any atom is 0.323 e. The number of aryl methyl sites for hydroxylation is 1. The number of nitrogens with zero attached hydrogens (tertiary/aromatic N) is 2. The second kappa shape index (κ2) is 11.0. The zero-order chi connectivity index (χ0) is 24.7. The van der Waals surface area contributed by atoms with Crippen molar-refractivity contribution >= 4 is 28.3 Å². The van der Waals surface area contributed by atoms with E-state index in [9.17, 15) is 14.4 Å². The van der Waals surface area contributed by atoms with E-state index in [0.717, 1.165) is 32.9 Å². The summed E-state index contributed by atoms with van der Waals surface area (Å²) in [5, 5.41) is 13.8. The summed E-state index contributed by atoms with van der Waals surface area (Å²) < 4.78 is 1.03. The third-order valence-electron chi connectivity index (χ3n) is 5.26. The lowest BCUT2D eigenvalue weighted by molar-refractivity contribution is -0.137. The Morgan fingerprint density at radius 1 is 1.00 bits per heavy atom. The number of rotatable bonds is 6. The number of carbonyl (C=O) groups excluding carboxylic acids is 1. The monoisotopic (exact) mass is 457 g/mol. The number of amides is 1. The Balaban J connectivity index is 0.00000158. The number of hydrogen-bond acceptors (Lipinski definition) is 4. The summed E-state index contributed by atoms with van der Waals surface area (Å²) in [5.41, 5.74) is 3.31. The summed E-state index contributed by atoms with van der Waals surface area (Å²) in [6.45, 7) is 5.62. The lowest BCUT2D eigenvalue weighted by Gasteiger charge is -2.11. The van der Waals surface area contributed by atoms with Gasteiger partial charge in [0.05, 0.1) is 5.69 Å². The van der Waals surface area contributed by atoms with Gasteiger partial charge in [0.1, 0.15) is 6.54 Å². The average Bonchev–Trinajstić information content (AvgIpc) is 2.86. The van der Waals surface area contributed by atoms with Crippen LogP contribution in [0.2, 0.25) is 0 Å². The van der Waals surface area contributed by atoms with Crippen molar-refractivity contribution < 1.29 is 14.7 Å². The SMILES string of the molecule is CC.CCc1cccc2c(-c3cccc(C(=O)Nc4ccc(=O)n(CC(=O)O)c4)c3)cncc12. The molecule has 7 heteroatoms. The number of carbonyl (C=O) groups is 2. The van der Waals surface area contributed by atoms with Crippen LogP contribution in [0.5, 0.6) is 0 Å². The van der Waals surface area contributed by atoms with Crippen LogP contribution in [0.1, 0.15) is 36.7 Å². The highest BCUT2D eigenvalue weighted by Crippen LogP contribution is 2.30. The maximum atomic E-state index is 12.8. The van der Waals surface area contributed by atoms with Crippen molar-refractivity contribution in [2.24, 2.45) is 0 Å². The molecule has 0 aliphatic carbocycles. The fourth-order valence-corrected chi connectivity index (χ4v) is 3.70. The van der Waals surface area contributed by atoms with Gasteiger partial charge in [-0.1, -0.05) is 51.1 Å². The first kappa shape index (κ1) is 24.4. The van der Waals surface area contributed by atoms with Gasteiger partial charge in [0.15, 0.2) is 0 Å². The summed E-state index contributed by atoms with van der Waals surface area (Å²) in [4.78, 5) is 40.0. The van der Waals surface area contributed by atoms with E-state index in [1.54, 1.807) is 24.4 Å². The van der Waals surface area contributed by atoms with Crippen LogP contribution in [0.25, 0.3) is 21.9 Å². The number of pyridine rings is 2. The number of aliphatic carboxylic acids is 1. The third-order valence-corrected chi connectivity index (χ3v) is 5.26. The Morgan fingerprint density at radius 2 is 1.76 bits per heavy atom. The van der Waals surface area contributed by atoms with Crippen LogP contribution in [0.3, 0.4) is 0 Å². The molecule has 2 aromatic carbocycles. The molecule has 4 aromatic rings. The van der Waals surface area contributed by atoms with Gasteiger partial charge < -0.3 is 15.0 Å². The fraction of sp³-hybridized carbons (Fsp3) is 0.185. The smallest absolute Gasteiger partial charge is 0.323 e. The Kier molecular flexibility index (Phi) is 7.92. The highest BCUT2D eigenvalue weighted by atomic mass is 16.4. The van der Waals surface area contributed by atoms with E-state index < -0.39 is 18.1 Å². The number of benzene rings is 2. The van der Waals surface area contributed by atoms with E-state index in [2.05, 4.69) is 23.3 Å². The summed E-state index contributed by atoms with van der Waals surface area (Å²) in [5.74, 6) is -1.51. The van der Waals surface area contributed by atoms with Crippen molar-refractivity contribution in [2.45, 2.75) is 33.7 Å². The number of aromatic nitrogens is 2. The first-order valence-electron chi connectivity index (χ1n) is 11.2. The van der Waals surface area contributed by atoms with E-state index in [-0.39, 0.29) is 5.91 Å². The van der Waals surface area contributed by atoms with Crippen molar-refractivity contribution in [2.75, 3.05) is 5.32 Å². The minimum absolute atomic E-state index is 0.334. The number of carboxylic acids is 1. The molecule has 34 heavy (non-hydrogen) atoms. The Labute approximate surface area is 197 Å². The molecular formula is C27H27N3O4. The predicted molar refractivity (Wildman–Crippen MR) is 134 cm³/mol. The standard InChI is InChI=1S/C25H21N3O4.C2H6/c1-2-16-5-4-8-20-21(16)12-26-13-22(20)17-6-3-7-18(11-17)25(32)27-19-9-10-23(29)28(14-19)15-24(30)31;1-2/h3-14H,2,15H2,1H3,(H,27,32)(H,30,31);1-2H3. The summed E-state index contributed by atoms with van der Waals surface area (Å²) in [6, 6.07) is 16.0. The van der Waals surface area contributed by atoms with Crippen LogP contribution in [-0.2, 0) is 17.8 Å². The molecule has 0 fully saturated rings. The average molecular weight is 458 g/mol. The molecule has 0 aliphatic heterocycles. The molecule has 0 bridgehead atoms. The third kappa shape index (κ3) is 5.38. The van der Waals surface area contributed by atoms with Crippen LogP contribution in [0.4, 0.5) is 5.69 Å². The molecule has 2 aromatic heterocycles. The van der Waals surface area contributed by atoms with Gasteiger partial charge in [-0.3, -0.25) is 19.4 Å².